The monoisotopic (exact) mass is 574 g/mol. The summed E-state index contributed by atoms with van der Waals surface area (Å²) in [5.41, 5.74) is 1.32. The largest absolute Gasteiger partial charge is 0.497 e. The lowest BCUT2D eigenvalue weighted by atomic mass is 9.98. The van der Waals surface area contributed by atoms with Gasteiger partial charge in [0, 0.05) is 33.1 Å². The minimum absolute atomic E-state index is 0. The molecule has 0 saturated heterocycles. The van der Waals surface area contributed by atoms with Crippen molar-refractivity contribution in [1.29, 1.82) is 0 Å². The molecule has 1 aromatic heterocycles. The van der Waals surface area contributed by atoms with Crippen LogP contribution in [0.1, 0.15) is 50.9 Å². The van der Waals surface area contributed by atoms with Gasteiger partial charge in [-0.3, -0.25) is 4.99 Å². The lowest BCUT2D eigenvalue weighted by Crippen LogP contribution is -2.38. The highest BCUT2D eigenvalue weighted by Crippen LogP contribution is 2.21. The Labute approximate surface area is 214 Å². The van der Waals surface area contributed by atoms with Crippen molar-refractivity contribution in [2.75, 3.05) is 33.5 Å². The fourth-order valence-electron chi connectivity index (χ4n) is 3.38. The van der Waals surface area contributed by atoms with Crippen LogP contribution in [0.4, 0.5) is 0 Å². The zero-order valence-electron chi connectivity index (χ0n) is 20.2. The average Bonchev–Trinajstić information content (AvgIpc) is 3.16. The van der Waals surface area contributed by atoms with Gasteiger partial charge in [-0.15, -0.1) is 34.2 Å². The average molecular weight is 575 g/mol. The zero-order valence-corrected chi connectivity index (χ0v) is 23.4. The van der Waals surface area contributed by atoms with Crippen LogP contribution in [0.25, 0.3) is 0 Å². The molecule has 0 radical (unpaired) electrons. The molecule has 0 spiro atoms. The van der Waals surface area contributed by atoms with Crippen molar-refractivity contribution < 1.29 is 4.74 Å². The highest BCUT2D eigenvalue weighted by molar-refractivity contribution is 14.0. The number of aliphatic imine (C=N–C) groups is 1. The SMILES string of the molecule is CN=C(NCCCc1nnc(SC)n1CC(C)C)NCCC(C)c1ccc(OC)cc1.I. The van der Waals surface area contributed by atoms with E-state index in [2.05, 4.69) is 69.6 Å². The Morgan fingerprint density at radius 1 is 1.12 bits per heavy atom. The molecule has 1 atom stereocenters. The van der Waals surface area contributed by atoms with E-state index >= 15 is 0 Å². The first kappa shape index (κ1) is 28.5. The summed E-state index contributed by atoms with van der Waals surface area (Å²) >= 11 is 1.66. The number of methoxy groups -OCH3 is 1. The van der Waals surface area contributed by atoms with Gasteiger partial charge in [0.15, 0.2) is 11.1 Å². The summed E-state index contributed by atoms with van der Waals surface area (Å²) < 4.78 is 7.49. The van der Waals surface area contributed by atoms with Crippen LogP contribution in [0.15, 0.2) is 34.4 Å². The van der Waals surface area contributed by atoms with Crippen molar-refractivity contribution in [3.05, 3.63) is 35.7 Å². The number of rotatable bonds is 12. The van der Waals surface area contributed by atoms with Crippen LogP contribution < -0.4 is 15.4 Å². The number of thioether (sulfide) groups is 1. The van der Waals surface area contributed by atoms with Crippen LogP contribution in [0.2, 0.25) is 0 Å². The summed E-state index contributed by atoms with van der Waals surface area (Å²) in [6, 6.07) is 8.31. The van der Waals surface area contributed by atoms with E-state index in [1.54, 1.807) is 18.9 Å². The molecule has 1 aromatic carbocycles. The maximum absolute atomic E-state index is 5.24. The molecule has 0 aliphatic rings. The van der Waals surface area contributed by atoms with Crippen LogP contribution in [0.5, 0.6) is 5.75 Å². The first-order valence-corrected chi connectivity index (χ1v) is 12.3. The molecule has 2 N–H and O–H groups in total. The van der Waals surface area contributed by atoms with Crippen LogP contribution in [0, 0.1) is 5.92 Å². The third-order valence-electron chi connectivity index (χ3n) is 5.17. The van der Waals surface area contributed by atoms with E-state index in [1.165, 1.54) is 5.56 Å². The van der Waals surface area contributed by atoms with Crippen molar-refractivity contribution in [3.63, 3.8) is 0 Å². The van der Waals surface area contributed by atoms with Gasteiger partial charge in [-0.1, -0.05) is 44.7 Å². The van der Waals surface area contributed by atoms with Crippen molar-refractivity contribution in [1.82, 2.24) is 25.4 Å². The summed E-state index contributed by atoms with van der Waals surface area (Å²) in [7, 11) is 3.51. The third kappa shape index (κ3) is 9.17. The van der Waals surface area contributed by atoms with Gasteiger partial charge in [0.1, 0.15) is 11.6 Å². The van der Waals surface area contributed by atoms with Crippen molar-refractivity contribution >= 4 is 41.7 Å². The van der Waals surface area contributed by atoms with Gasteiger partial charge in [0.05, 0.1) is 7.11 Å². The van der Waals surface area contributed by atoms with Crippen molar-refractivity contribution in [2.24, 2.45) is 10.9 Å². The smallest absolute Gasteiger partial charge is 0.190 e. The maximum atomic E-state index is 5.24. The minimum Gasteiger partial charge on any atom is -0.497 e. The predicted octanol–water partition coefficient (Wildman–Crippen LogP) is 4.57. The van der Waals surface area contributed by atoms with E-state index < -0.39 is 0 Å². The van der Waals surface area contributed by atoms with Crippen molar-refractivity contribution in [2.45, 2.75) is 57.7 Å². The number of aromatic nitrogens is 3. The van der Waals surface area contributed by atoms with E-state index in [4.69, 9.17) is 4.74 Å². The number of benzene rings is 1. The molecule has 32 heavy (non-hydrogen) atoms. The number of nitrogens with zero attached hydrogens (tertiary/aromatic N) is 4. The van der Waals surface area contributed by atoms with E-state index in [0.717, 1.165) is 61.6 Å². The first-order valence-electron chi connectivity index (χ1n) is 11.0. The van der Waals surface area contributed by atoms with Gasteiger partial charge in [-0.2, -0.15) is 0 Å². The predicted molar refractivity (Wildman–Crippen MR) is 146 cm³/mol. The van der Waals surface area contributed by atoms with Gasteiger partial charge in [0.2, 0.25) is 0 Å². The Hall–Kier alpha value is -1.49. The number of aryl methyl sites for hydroxylation is 1. The molecule has 0 fully saturated rings. The molecule has 0 aliphatic heterocycles. The maximum Gasteiger partial charge on any atom is 0.190 e. The standard InChI is InChI=1S/C23H38N6OS.HI/c1-17(2)16-29-21(27-28-23(29)31-6)8-7-14-25-22(24-4)26-15-13-18(3)19-9-11-20(30-5)12-10-19;/h9-12,17-18H,7-8,13-16H2,1-6H3,(H2,24,25,26);1H. The summed E-state index contributed by atoms with van der Waals surface area (Å²) in [4.78, 5) is 4.34. The van der Waals surface area contributed by atoms with E-state index in [1.807, 2.05) is 19.2 Å². The number of hydrogen-bond donors (Lipinski definition) is 2. The number of halogens is 1. The molecule has 0 saturated carbocycles. The first-order chi connectivity index (χ1) is 15.0. The Balaban J connectivity index is 0.00000512. The molecule has 0 bridgehead atoms. The minimum atomic E-state index is 0. The summed E-state index contributed by atoms with van der Waals surface area (Å²) in [5, 5.41) is 16.5. The lowest BCUT2D eigenvalue weighted by molar-refractivity contribution is 0.414. The molecule has 0 aliphatic carbocycles. The Kier molecular flexibility index (Phi) is 13.7. The zero-order chi connectivity index (χ0) is 22.6. The molecule has 1 unspecified atom stereocenters. The van der Waals surface area contributed by atoms with Crippen LogP contribution in [-0.4, -0.2) is 54.2 Å². The van der Waals surface area contributed by atoms with Gasteiger partial charge in [-0.25, -0.2) is 0 Å². The van der Waals surface area contributed by atoms with Gasteiger partial charge >= 0.3 is 0 Å². The van der Waals surface area contributed by atoms with Crippen LogP contribution in [-0.2, 0) is 13.0 Å². The molecule has 2 rings (SSSR count). The second-order valence-electron chi connectivity index (χ2n) is 8.10. The normalized spacial score (nSPS) is 12.4. The topological polar surface area (TPSA) is 76.4 Å². The summed E-state index contributed by atoms with van der Waals surface area (Å²) in [5.74, 6) is 3.84. The van der Waals surface area contributed by atoms with E-state index in [9.17, 15) is 0 Å². The Morgan fingerprint density at radius 3 is 2.41 bits per heavy atom. The number of ether oxygens (including phenoxy) is 1. The van der Waals surface area contributed by atoms with E-state index in [-0.39, 0.29) is 24.0 Å². The highest BCUT2D eigenvalue weighted by Gasteiger charge is 2.12. The third-order valence-corrected chi connectivity index (χ3v) is 5.84. The molecule has 9 heteroatoms. The fraction of sp³-hybridized carbons (Fsp3) is 0.609. The van der Waals surface area contributed by atoms with Crippen LogP contribution in [0.3, 0.4) is 0 Å². The Morgan fingerprint density at radius 2 is 1.81 bits per heavy atom. The molecule has 0 amide bonds. The van der Waals surface area contributed by atoms with Gasteiger partial charge in [0.25, 0.3) is 0 Å². The molecule has 7 nitrogen and oxygen atoms in total. The second-order valence-corrected chi connectivity index (χ2v) is 8.87. The Bertz CT molecular complexity index is 809. The molecular weight excluding hydrogens is 535 g/mol. The molecule has 2 aromatic rings. The van der Waals surface area contributed by atoms with Crippen LogP contribution >= 0.6 is 35.7 Å². The lowest BCUT2D eigenvalue weighted by Gasteiger charge is -2.16. The highest BCUT2D eigenvalue weighted by atomic mass is 127. The molecule has 1 heterocycles. The number of nitrogens with one attached hydrogen (secondary N) is 2. The molecule has 180 valence electrons. The number of guanidine groups is 1. The number of hydrogen-bond acceptors (Lipinski definition) is 5. The second kappa shape index (κ2) is 15.4. The van der Waals surface area contributed by atoms with Crippen molar-refractivity contribution in [3.8, 4) is 5.75 Å². The van der Waals surface area contributed by atoms with Gasteiger partial charge < -0.3 is 19.9 Å². The summed E-state index contributed by atoms with van der Waals surface area (Å²) in [6.07, 6.45) is 4.96. The fourth-order valence-corrected chi connectivity index (χ4v) is 3.91. The summed E-state index contributed by atoms with van der Waals surface area (Å²) in [6.45, 7) is 9.36. The van der Waals surface area contributed by atoms with Gasteiger partial charge in [-0.05, 0) is 48.6 Å². The quantitative estimate of drug-likeness (QED) is 0.127. The molecular formula is C23H39IN6OS. The van der Waals surface area contributed by atoms with E-state index in [0.29, 0.717) is 11.8 Å².